The van der Waals surface area contributed by atoms with Crippen LogP contribution in [0.2, 0.25) is 0 Å². The molecule has 23 rings (SSSR count). The van der Waals surface area contributed by atoms with Gasteiger partial charge in [-0.2, -0.15) is 25.5 Å². The van der Waals surface area contributed by atoms with Crippen molar-refractivity contribution in [3.8, 4) is 82.3 Å². The number of amides is 7. The fourth-order valence-electron chi connectivity index (χ4n) is 17.0. The molecule has 137 heavy (non-hydrogen) atoms. The molecule has 0 radical (unpaired) electrons. The second-order valence-electron chi connectivity index (χ2n) is 33.2. The summed E-state index contributed by atoms with van der Waals surface area (Å²) in [7, 11) is 11.9. The lowest BCUT2D eigenvalue weighted by Crippen LogP contribution is -2.37. The average molecular weight is 1900 g/mol. The third-order valence-electron chi connectivity index (χ3n) is 23.8. The van der Waals surface area contributed by atoms with Gasteiger partial charge in [-0.1, -0.05) is 109 Å². The van der Waals surface area contributed by atoms with Crippen LogP contribution in [0.15, 0.2) is 224 Å². The standard InChI is InChI=1S/C23H24N4O2.2C21H18N4O3S.C20H17N3O2S.C18H15N3O2S/c1-27(2)13-12-20(28)24-19-11-10-18-21(23(19)29-3)22(26-25-18)17-9-8-15-6-4-5-7-16(15)14-17;2*1-28-20-13(23-21(27)14-8-9-17(26)22-14)7-6-12-18(20)19(25-24-12)16-10-11-4-2-3-5-15(11)29-16;1-25-19-14(21-20(24)11-6-7-11)9-8-13-17(19)18(23-22-13)16-10-12-4-2-3-5-15(12)26-16;1-10(22)19-13-8-7-12-16(18(13)23-2)17(21-20-12)15-9-11-5-3-4-6-14(11)24-15/h4-11,14H,12-13H2,1-3H3,(H,24,28)(H,25,26);2*2-7,10,14H,8-9H2,1H3,(H,22,26)(H,23,27)(H,24,25);2-5,8-11H,6-7H2,1H3,(H,21,24)(H,22,23);3-9H,1-2H3,(H,19,22)(H,20,21)/t;2*14-;;/m.10../s1. The fraction of sp³-hybridized carbons (Fsp3) is 0.184. The first kappa shape index (κ1) is 90.3. The maximum absolute atomic E-state index is 12.6. The van der Waals surface area contributed by atoms with Gasteiger partial charge in [-0.05, 0) is 187 Å². The summed E-state index contributed by atoms with van der Waals surface area (Å²) in [5.41, 5.74) is 12.4. The molecule has 1 saturated carbocycles. The topological polar surface area (TPSA) is 396 Å². The lowest BCUT2D eigenvalue weighted by Gasteiger charge is -2.14. The SMILES string of the molecule is COc1c(NC(=O)C2CC2)ccc2[nH]nc(-c3cc4ccccc4s3)c12.COc1c(NC(=O)CCN(C)C)ccc2[nH]nc(-c3ccc4ccccc4c3)c12.COc1c(NC(=O)[C@@H]2CCC(=O)N2)ccc2[nH]nc(-c3cc4ccccc4s3)c12.COc1c(NC(=O)[C@H]2CCC(=O)N2)ccc2[nH]nc(-c3cc4ccccc4s3)c12.COc1c(NC(C)=O)ccc2[nH]nc(-c3cc4ccccc4s3)c12. The monoisotopic (exact) mass is 1900 g/mol. The fourth-order valence-corrected chi connectivity index (χ4v) is 21.2. The Balaban J connectivity index is 0.000000110. The molecule has 9 aromatic heterocycles. The van der Waals surface area contributed by atoms with Crippen LogP contribution >= 0.6 is 45.3 Å². The summed E-state index contributed by atoms with van der Waals surface area (Å²) in [6.07, 6.45) is 4.07. The van der Waals surface area contributed by atoms with Crippen molar-refractivity contribution in [3.63, 3.8) is 0 Å². The summed E-state index contributed by atoms with van der Waals surface area (Å²) in [6.45, 7) is 2.16. The van der Waals surface area contributed by atoms with Crippen LogP contribution in [0.3, 0.4) is 0 Å². The zero-order valence-electron chi connectivity index (χ0n) is 75.5. The van der Waals surface area contributed by atoms with Crippen molar-refractivity contribution < 1.29 is 57.2 Å². The number of fused-ring (bicyclic) bond motifs is 10. The van der Waals surface area contributed by atoms with E-state index in [0.717, 1.165) is 137 Å². The van der Waals surface area contributed by atoms with Gasteiger partial charge in [0.15, 0.2) is 28.7 Å². The summed E-state index contributed by atoms with van der Waals surface area (Å²) in [6, 6.07) is 73.4. The molecule has 0 spiro atoms. The quantitative estimate of drug-likeness (QED) is 0.0318. The van der Waals surface area contributed by atoms with Crippen molar-refractivity contribution in [2.24, 2.45) is 5.92 Å². The summed E-state index contributed by atoms with van der Waals surface area (Å²) >= 11 is 6.69. The minimum Gasteiger partial charge on any atom is -0.494 e. The lowest BCUT2D eigenvalue weighted by atomic mass is 10.0. The van der Waals surface area contributed by atoms with E-state index < -0.39 is 12.1 Å². The number of ether oxygens (including phenoxy) is 5. The van der Waals surface area contributed by atoms with Crippen LogP contribution in [-0.4, -0.2) is 166 Å². The number of carbonyl (C=O) groups excluding carboxylic acids is 7. The lowest BCUT2D eigenvalue weighted by molar-refractivity contribution is -0.122. The number of aromatic nitrogens is 10. The van der Waals surface area contributed by atoms with E-state index in [4.69, 9.17) is 23.7 Å². The van der Waals surface area contributed by atoms with Crippen molar-refractivity contribution in [1.82, 2.24) is 66.5 Å². The number of nitrogens with zero attached hydrogens (tertiary/aromatic N) is 6. The third kappa shape index (κ3) is 18.9. The molecule has 11 heterocycles. The van der Waals surface area contributed by atoms with Crippen LogP contribution in [0.1, 0.15) is 51.9 Å². The van der Waals surface area contributed by atoms with Gasteiger partial charge in [0.2, 0.25) is 41.4 Å². The highest BCUT2D eigenvalue weighted by Crippen LogP contribution is 2.49. The van der Waals surface area contributed by atoms with Gasteiger partial charge in [0.1, 0.15) is 40.6 Å². The molecule has 20 aromatic rings. The Labute approximate surface area is 798 Å². The smallest absolute Gasteiger partial charge is 0.247 e. The van der Waals surface area contributed by atoms with Gasteiger partial charge in [0.25, 0.3) is 0 Å². The van der Waals surface area contributed by atoms with E-state index in [1.165, 1.54) is 41.9 Å². The number of hydrogen-bond acceptors (Lipinski definition) is 22. The van der Waals surface area contributed by atoms with E-state index in [1.54, 1.807) is 93.0 Å². The van der Waals surface area contributed by atoms with Crippen LogP contribution < -0.4 is 60.9 Å². The Hall–Kier alpha value is -15.9. The number of hydrogen-bond donors (Lipinski definition) is 12. The summed E-state index contributed by atoms with van der Waals surface area (Å²) in [5, 5.41) is 69.1. The number of nitrogens with one attached hydrogen (secondary N) is 12. The number of H-pyrrole nitrogens is 5. The van der Waals surface area contributed by atoms with Crippen LogP contribution in [0.4, 0.5) is 28.4 Å². The van der Waals surface area contributed by atoms with Crippen LogP contribution in [-0.2, 0) is 33.6 Å². The van der Waals surface area contributed by atoms with Crippen LogP contribution in [0.25, 0.3) is 159 Å². The molecule has 3 fully saturated rings. The molecular weight excluding hydrogens is 1810 g/mol. The normalized spacial score (nSPS) is 13.9. The van der Waals surface area contributed by atoms with Crippen molar-refractivity contribution >= 4 is 221 Å². The second kappa shape index (κ2) is 39.4. The van der Waals surface area contributed by atoms with Gasteiger partial charge in [-0.25, -0.2) is 0 Å². The molecule has 34 heteroatoms. The molecule has 2 aliphatic heterocycles. The van der Waals surface area contributed by atoms with Crippen LogP contribution in [0.5, 0.6) is 28.7 Å². The number of carbonyl (C=O) groups is 7. The van der Waals surface area contributed by atoms with Gasteiger partial charge in [-0.3, -0.25) is 59.1 Å². The number of thiophene rings is 4. The predicted molar refractivity (Wildman–Crippen MR) is 546 cm³/mol. The first-order valence-corrected chi connectivity index (χ1v) is 47.5. The van der Waals surface area contributed by atoms with E-state index in [2.05, 4.69) is 191 Å². The van der Waals surface area contributed by atoms with Crippen LogP contribution in [0, 0.1) is 5.92 Å². The highest BCUT2D eigenvalue weighted by Gasteiger charge is 2.34. The average Bonchev–Trinajstić information content (AvgIpc) is 1.63. The highest BCUT2D eigenvalue weighted by molar-refractivity contribution is 7.23. The van der Waals surface area contributed by atoms with E-state index in [0.29, 0.717) is 95.8 Å². The Morgan fingerprint density at radius 1 is 0.350 bits per heavy atom. The number of methoxy groups -OCH3 is 5. The number of aromatic amines is 5. The molecule has 3 aliphatic rings. The maximum Gasteiger partial charge on any atom is 0.247 e. The second-order valence-corrected chi connectivity index (χ2v) is 37.5. The minimum atomic E-state index is -0.519. The highest BCUT2D eigenvalue weighted by atomic mass is 32.1. The van der Waals surface area contributed by atoms with Gasteiger partial charge >= 0.3 is 0 Å². The molecule has 2 saturated heterocycles. The Kier molecular flexibility index (Phi) is 25.9. The number of rotatable bonds is 21. The molecular formula is C103H92N18O12S4. The molecule has 7 amide bonds. The van der Waals surface area contributed by atoms with E-state index in [-0.39, 0.29) is 47.3 Å². The van der Waals surface area contributed by atoms with Gasteiger partial charge < -0.3 is 65.8 Å². The van der Waals surface area contributed by atoms with E-state index >= 15 is 0 Å². The Morgan fingerprint density at radius 2 is 0.657 bits per heavy atom. The zero-order chi connectivity index (χ0) is 94.6. The minimum absolute atomic E-state index is 0.0490. The third-order valence-corrected chi connectivity index (χ3v) is 28.3. The molecule has 690 valence electrons. The number of anilines is 5. The zero-order valence-corrected chi connectivity index (χ0v) is 78.7. The molecule has 11 aromatic carbocycles. The molecule has 0 bridgehead atoms. The van der Waals surface area contributed by atoms with Gasteiger partial charge in [0.05, 0.1) is 138 Å². The molecule has 30 nitrogen and oxygen atoms in total. The summed E-state index contributed by atoms with van der Waals surface area (Å²) in [4.78, 5) is 90.1. The Morgan fingerprint density at radius 3 is 0.971 bits per heavy atom. The summed E-state index contributed by atoms with van der Waals surface area (Å²) in [5.74, 6) is 2.27. The maximum atomic E-state index is 12.6. The molecule has 0 unspecified atom stereocenters. The molecule has 2 atom stereocenters. The largest absolute Gasteiger partial charge is 0.494 e. The van der Waals surface area contributed by atoms with Crippen molar-refractivity contribution in [3.05, 3.63) is 224 Å². The van der Waals surface area contributed by atoms with E-state index in [9.17, 15) is 33.6 Å². The van der Waals surface area contributed by atoms with E-state index in [1.807, 2.05) is 128 Å². The number of benzene rings is 11. The summed E-state index contributed by atoms with van der Waals surface area (Å²) < 4.78 is 33.1. The van der Waals surface area contributed by atoms with Crippen molar-refractivity contribution in [1.29, 1.82) is 0 Å². The van der Waals surface area contributed by atoms with Crippen molar-refractivity contribution in [2.45, 2.75) is 64.0 Å². The predicted octanol–water partition coefficient (Wildman–Crippen LogP) is 20.8. The first-order chi connectivity index (χ1) is 66.7. The van der Waals surface area contributed by atoms with Gasteiger partial charge in [0, 0.05) is 63.0 Å². The first-order valence-electron chi connectivity index (χ1n) is 44.2. The molecule has 12 N–H and O–H groups in total. The van der Waals surface area contributed by atoms with Crippen molar-refractivity contribution in [2.75, 3.05) is 82.8 Å². The van der Waals surface area contributed by atoms with Gasteiger partial charge in [-0.15, -0.1) is 45.3 Å². The Bertz CT molecular complexity index is 7740. The molecule has 1 aliphatic carbocycles.